The number of carbonyl (C=O) groups excluding carboxylic acids is 2. The quantitative estimate of drug-likeness (QED) is 0.277. The Morgan fingerprint density at radius 2 is 1.81 bits per heavy atom. The standard InChI is InChI=1S/C24H16ClN3O3/c25-15-7-9-16(10-8-15)28-21(14-4-3-11-26-12-14)20(23(30)24(28)31)22(29)18-13-27-19-6-2-1-5-17(18)19/h1-13,21,27,29H/b22-20-. The van der Waals surface area contributed by atoms with Crippen molar-refractivity contribution in [1.82, 2.24) is 9.97 Å². The molecule has 0 spiro atoms. The highest BCUT2D eigenvalue weighted by molar-refractivity contribution is 6.51. The number of hydrogen-bond donors (Lipinski definition) is 2. The second kappa shape index (κ2) is 7.41. The van der Waals surface area contributed by atoms with Crippen LogP contribution in [0.3, 0.4) is 0 Å². The molecule has 7 heteroatoms. The minimum absolute atomic E-state index is 0.0118. The van der Waals surface area contributed by atoms with Crippen molar-refractivity contribution < 1.29 is 14.7 Å². The minimum atomic E-state index is -0.830. The second-order valence-electron chi connectivity index (χ2n) is 7.18. The summed E-state index contributed by atoms with van der Waals surface area (Å²) in [4.78, 5) is 34.8. The Kier molecular flexibility index (Phi) is 4.56. The second-order valence-corrected chi connectivity index (χ2v) is 7.62. The summed E-state index contributed by atoms with van der Waals surface area (Å²) in [5, 5.41) is 12.5. The Morgan fingerprint density at radius 3 is 2.55 bits per heavy atom. The fourth-order valence-corrected chi connectivity index (χ4v) is 4.09. The number of fused-ring (bicyclic) bond motifs is 1. The van der Waals surface area contributed by atoms with Crippen molar-refractivity contribution in [2.75, 3.05) is 4.90 Å². The van der Waals surface area contributed by atoms with Gasteiger partial charge >= 0.3 is 0 Å². The lowest BCUT2D eigenvalue weighted by Crippen LogP contribution is -2.29. The van der Waals surface area contributed by atoms with E-state index in [2.05, 4.69) is 9.97 Å². The lowest BCUT2D eigenvalue weighted by atomic mass is 9.96. The molecular weight excluding hydrogens is 414 g/mol. The van der Waals surface area contributed by atoms with Crippen LogP contribution < -0.4 is 4.90 Å². The highest BCUT2D eigenvalue weighted by Gasteiger charge is 2.47. The number of aliphatic hydroxyl groups excluding tert-OH is 1. The topological polar surface area (TPSA) is 86.3 Å². The van der Waals surface area contributed by atoms with Crippen LogP contribution in [0, 0.1) is 0 Å². The Hall–Kier alpha value is -3.90. The molecule has 2 N–H and O–H groups in total. The number of halogens is 1. The summed E-state index contributed by atoms with van der Waals surface area (Å²) in [5.41, 5.74) is 2.39. The number of amides is 1. The number of ketones is 1. The van der Waals surface area contributed by atoms with Crippen LogP contribution in [0.4, 0.5) is 5.69 Å². The number of benzene rings is 2. The molecule has 0 bridgehead atoms. The van der Waals surface area contributed by atoms with Crippen molar-refractivity contribution in [3.05, 3.63) is 101 Å². The van der Waals surface area contributed by atoms with Crippen molar-refractivity contribution in [3.63, 3.8) is 0 Å². The van der Waals surface area contributed by atoms with Gasteiger partial charge in [-0.2, -0.15) is 0 Å². The van der Waals surface area contributed by atoms with E-state index in [1.54, 1.807) is 55.0 Å². The number of aliphatic hydroxyl groups is 1. The maximum atomic E-state index is 13.1. The van der Waals surface area contributed by atoms with Gasteiger partial charge in [-0.05, 0) is 42.0 Å². The molecule has 2 aromatic carbocycles. The van der Waals surface area contributed by atoms with E-state index in [0.29, 0.717) is 21.8 Å². The van der Waals surface area contributed by atoms with Gasteiger partial charge in [0, 0.05) is 45.8 Å². The summed E-state index contributed by atoms with van der Waals surface area (Å²) in [6.07, 6.45) is 4.83. The molecule has 1 amide bonds. The van der Waals surface area contributed by atoms with Gasteiger partial charge in [-0.3, -0.25) is 19.5 Å². The van der Waals surface area contributed by atoms with Crippen LogP contribution in [-0.4, -0.2) is 26.8 Å². The molecule has 6 nitrogen and oxygen atoms in total. The van der Waals surface area contributed by atoms with Crippen molar-refractivity contribution in [2.24, 2.45) is 0 Å². The largest absolute Gasteiger partial charge is 0.507 e. The maximum absolute atomic E-state index is 13.1. The average Bonchev–Trinajstić information content (AvgIpc) is 3.34. The fraction of sp³-hybridized carbons (Fsp3) is 0.0417. The van der Waals surface area contributed by atoms with E-state index < -0.39 is 17.7 Å². The molecule has 31 heavy (non-hydrogen) atoms. The van der Waals surface area contributed by atoms with Gasteiger partial charge in [-0.25, -0.2) is 0 Å². The summed E-state index contributed by atoms with van der Waals surface area (Å²) in [5.74, 6) is -1.72. The lowest BCUT2D eigenvalue weighted by Gasteiger charge is -2.25. The number of nitrogens with zero attached hydrogens (tertiary/aromatic N) is 2. The van der Waals surface area contributed by atoms with Crippen LogP contribution in [0.2, 0.25) is 5.02 Å². The SMILES string of the molecule is O=C1C(=O)N(c2ccc(Cl)cc2)C(c2cccnc2)/C1=C(/O)c1c[nH]c2ccccc12. The summed E-state index contributed by atoms with van der Waals surface area (Å²) < 4.78 is 0. The van der Waals surface area contributed by atoms with E-state index in [1.807, 2.05) is 24.3 Å². The monoisotopic (exact) mass is 429 g/mol. The number of aromatic nitrogens is 2. The maximum Gasteiger partial charge on any atom is 0.300 e. The fourth-order valence-electron chi connectivity index (χ4n) is 3.97. The first-order chi connectivity index (χ1) is 15.1. The molecule has 3 heterocycles. The smallest absolute Gasteiger partial charge is 0.300 e. The van der Waals surface area contributed by atoms with Gasteiger partial charge in [0.2, 0.25) is 0 Å². The molecule has 1 fully saturated rings. The Balaban J connectivity index is 1.75. The van der Waals surface area contributed by atoms with Gasteiger partial charge in [0.1, 0.15) is 5.76 Å². The van der Waals surface area contributed by atoms with Crippen LogP contribution in [0.15, 0.2) is 84.8 Å². The predicted molar refractivity (Wildman–Crippen MR) is 119 cm³/mol. The van der Waals surface area contributed by atoms with E-state index in [-0.39, 0.29) is 11.3 Å². The number of Topliss-reactive ketones (excluding diaryl/α,β-unsaturated/α-hetero) is 1. The third kappa shape index (κ3) is 3.08. The first-order valence-electron chi connectivity index (χ1n) is 9.59. The summed E-state index contributed by atoms with van der Waals surface area (Å²) in [7, 11) is 0. The molecule has 1 unspecified atom stereocenters. The molecule has 1 aliphatic rings. The number of nitrogens with one attached hydrogen (secondary N) is 1. The molecule has 1 aliphatic heterocycles. The molecule has 2 aromatic heterocycles. The van der Waals surface area contributed by atoms with E-state index >= 15 is 0 Å². The third-order valence-corrected chi connectivity index (χ3v) is 5.65. The summed E-state index contributed by atoms with van der Waals surface area (Å²) >= 11 is 6.01. The molecule has 4 aromatic rings. The molecule has 0 saturated carbocycles. The van der Waals surface area contributed by atoms with E-state index in [1.165, 1.54) is 4.90 Å². The van der Waals surface area contributed by atoms with Crippen LogP contribution in [-0.2, 0) is 9.59 Å². The molecule has 152 valence electrons. The minimum Gasteiger partial charge on any atom is -0.507 e. The number of H-pyrrole nitrogens is 1. The van der Waals surface area contributed by atoms with Crippen molar-refractivity contribution >= 4 is 45.6 Å². The van der Waals surface area contributed by atoms with Crippen LogP contribution >= 0.6 is 11.6 Å². The van der Waals surface area contributed by atoms with Gasteiger partial charge in [0.05, 0.1) is 11.6 Å². The number of aromatic amines is 1. The van der Waals surface area contributed by atoms with E-state index in [4.69, 9.17) is 11.6 Å². The van der Waals surface area contributed by atoms with Crippen LogP contribution in [0.1, 0.15) is 17.2 Å². The molecule has 0 radical (unpaired) electrons. The molecule has 0 aliphatic carbocycles. The molecule has 1 saturated heterocycles. The molecular formula is C24H16ClN3O3. The van der Waals surface area contributed by atoms with E-state index in [9.17, 15) is 14.7 Å². The zero-order chi connectivity index (χ0) is 21.5. The summed E-state index contributed by atoms with van der Waals surface area (Å²) in [6, 6.07) is 16.7. The van der Waals surface area contributed by atoms with Crippen molar-refractivity contribution in [2.45, 2.75) is 6.04 Å². The van der Waals surface area contributed by atoms with Gasteiger partial charge in [-0.1, -0.05) is 35.9 Å². The summed E-state index contributed by atoms with van der Waals surface area (Å²) in [6.45, 7) is 0. The van der Waals surface area contributed by atoms with Gasteiger partial charge < -0.3 is 10.1 Å². The van der Waals surface area contributed by atoms with Gasteiger partial charge in [-0.15, -0.1) is 0 Å². The van der Waals surface area contributed by atoms with Crippen LogP contribution in [0.25, 0.3) is 16.7 Å². The predicted octanol–water partition coefficient (Wildman–Crippen LogP) is 4.84. The van der Waals surface area contributed by atoms with Gasteiger partial charge in [0.25, 0.3) is 11.7 Å². The number of anilines is 1. The average molecular weight is 430 g/mol. The normalized spacial score (nSPS) is 18.1. The number of carbonyl (C=O) groups is 2. The van der Waals surface area contributed by atoms with Gasteiger partial charge in [0.15, 0.2) is 0 Å². The Morgan fingerprint density at radius 1 is 1.03 bits per heavy atom. The van der Waals surface area contributed by atoms with Crippen molar-refractivity contribution in [1.29, 1.82) is 0 Å². The first-order valence-corrected chi connectivity index (χ1v) is 9.97. The Labute approximate surface area is 182 Å². The molecule has 1 atom stereocenters. The lowest BCUT2D eigenvalue weighted by molar-refractivity contribution is -0.132. The highest BCUT2D eigenvalue weighted by atomic mass is 35.5. The number of rotatable bonds is 3. The number of pyridine rings is 1. The molecule has 5 rings (SSSR count). The zero-order valence-electron chi connectivity index (χ0n) is 16.1. The number of para-hydroxylation sites is 1. The first kappa shape index (κ1) is 19.1. The zero-order valence-corrected chi connectivity index (χ0v) is 16.9. The third-order valence-electron chi connectivity index (χ3n) is 5.39. The van der Waals surface area contributed by atoms with E-state index in [0.717, 1.165) is 10.9 Å². The highest BCUT2D eigenvalue weighted by Crippen LogP contribution is 2.42. The Bertz CT molecular complexity index is 1340. The van der Waals surface area contributed by atoms with Crippen molar-refractivity contribution in [3.8, 4) is 0 Å². The van der Waals surface area contributed by atoms with Crippen LogP contribution in [0.5, 0.6) is 0 Å². The number of hydrogen-bond acceptors (Lipinski definition) is 4.